The van der Waals surface area contributed by atoms with Crippen molar-refractivity contribution in [3.63, 3.8) is 0 Å². The van der Waals surface area contributed by atoms with E-state index in [0.29, 0.717) is 32.5 Å². The summed E-state index contributed by atoms with van der Waals surface area (Å²) in [6, 6.07) is 5.29. The molecule has 0 radical (unpaired) electrons. The summed E-state index contributed by atoms with van der Waals surface area (Å²) in [6.07, 6.45) is 0.651. The molecule has 1 amide bonds. The van der Waals surface area contributed by atoms with Gasteiger partial charge in [-0.2, -0.15) is 0 Å². The average Bonchev–Trinajstić information content (AvgIpc) is 2.61. The van der Waals surface area contributed by atoms with E-state index in [2.05, 4.69) is 9.46 Å². The number of likely N-dealkylation sites (tertiary alicyclic amines) is 1. The van der Waals surface area contributed by atoms with Crippen LogP contribution in [0.4, 0.5) is 4.79 Å². The Morgan fingerprint density at radius 3 is 2.32 bits per heavy atom. The normalized spacial score (nSPS) is 15.7. The topological polar surface area (TPSA) is 102 Å². The smallest absolute Gasteiger partial charge is 0.409 e. The Hall–Kier alpha value is -2.13. The third-order valence-electron chi connectivity index (χ3n) is 3.93. The highest BCUT2D eigenvalue weighted by atomic mass is 32.2. The second kappa shape index (κ2) is 8.30. The molecule has 0 atom stereocenters. The van der Waals surface area contributed by atoms with E-state index < -0.39 is 16.0 Å². The molecule has 0 unspecified atom stereocenters. The van der Waals surface area contributed by atoms with Gasteiger partial charge in [0, 0.05) is 19.1 Å². The Labute approximate surface area is 147 Å². The van der Waals surface area contributed by atoms with E-state index in [1.807, 2.05) is 0 Å². The molecule has 9 heteroatoms. The van der Waals surface area contributed by atoms with Crippen molar-refractivity contribution in [2.75, 3.05) is 26.8 Å². The molecule has 138 valence electrons. The minimum atomic E-state index is -3.69. The molecule has 2 rings (SSSR count). The molecule has 1 fully saturated rings. The molecule has 0 aromatic heterocycles. The standard InChI is InChI=1S/C16H22N2O6S/c1-3-24-16(20)18-10-8-13(9-11-18)17-25(21,22)14-6-4-12(5-7-14)15(19)23-2/h4-7,13,17H,3,8-11H2,1-2H3. The quantitative estimate of drug-likeness (QED) is 0.786. The number of sulfonamides is 1. The molecule has 1 aliphatic heterocycles. The third kappa shape index (κ3) is 4.93. The van der Waals surface area contributed by atoms with Gasteiger partial charge in [0.1, 0.15) is 0 Å². The molecule has 1 N–H and O–H groups in total. The number of ether oxygens (including phenoxy) is 2. The largest absolute Gasteiger partial charge is 0.465 e. The first-order valence-electron chi connectivity index (χ1n) is 7.99. The van der Waals surface area contributed by atoms with Crippen LogP contribution in [0.3, 0.4) is 0 Å². The monoisotopic (exact) mass is 370 g/mol. The van der Waals surface area contributed by atoms with E-state index in [-0.39, 0.29) is 22.6 Å². The molecule has 0 aliphatic carbocycles. The van der Waals surface area contributed by atoms with Crippen molar-refractivity contribution in [3.8, 4) is 0 Å². The van der Waals surface area contributed by atoms with Crippen LogP contribution in [-0.4, -0.2) is 58.2 Å². The van der Waals surface area contributed by atoms with Gasteiger partial charge in [-0.25, -0.2) is 22.7 Å². The van der Waals surface area contributed by atoms with Crippen molar-refractivity contribution >= 4 is 22.1 Å². The Morgan fingerprint density at radius 2 is 1.80 bits per heavy atom. The van der Waals surface area contributed by atoms with Crippen LogP contribution in [0, 0.1) is 0 Å². The number of hydrogen-bond acceptors (Lipinski definition) is 6. The van der Waals surface area contributed by atoms with E-state index in [0.717, 1.165) is 0 Å². The van der Waals surface area contributed by atoms with Crippen LogP contribution in [0.1, 0.15) is 30.1 Å². The number of methoxy groups -OCH3 is 1. The lowest BCUT2D eigenvalue weighted by molar-refractivity contribution is 0.0600. The fourth-order valence-electron chi connectivity index (χ4n) is 2.57. The molecular formula is C16H22N2O6S. The highest BCUT2D eigenvalue weighted by Crippen LogP contribution is 2.16. The van der Waals surface area contributed by atoms with Crippen LogP contribution < -0.4 is 4.72 Å². The van der Waals surface area contributed by atoms with Gasteiger partial charge in [-0.3, -0.25) is 0 Å². The van der Waals surface area contributed by atoms with E-state index in [9.17, 15) is 18.0 Å². The first kappa shape index (κ1) is 19.2. The van der Waals surface area contributed by atoms with Crippen LogP contribution in [0.2, 0.25) is 0 Å². The van der Waals surface area contributed by atoms with Crippen LogP contribution in [0.15, 0.2) is 29.2 Å². The number of amides is 1. The number of carbonyl (C=O) groups is 2. The van der Waals surface area contributed by atoms with Gasteiger partial charge in [0.05, 0.1) is 24.2 Å². The summed E-state index contributed by atoms with van der Waals surface area (Å²) >= 11 is 0. The van der Waals surface area contributed by atoms with Crippen LogP contribution in [0.5, 0.6) is 0 Å². The van der Waals surface area contributed by atoms with Gasteiger partial charge >= 0.3 is 12.1 Å². The number of piperidine rings is 1. The van der Waals surface area contributed by atoms with Crippen molar-refractivity contribution in [3.05, 3.63) is 29.8 Å². The maximum Gasteiger partial charge on any atom is 0.409 e. The molecule has 1 heterocycles. The number of esters is 1. The van der Waals surface area contributed by atoms with Crippen LogP contribution >= 0.6 is 0 Å². The lowest BCUT2D eigenvalue weighted by Gasteiger charge is -2.31. The minimum Gasteiger partial charge on any atom is -0.465 e. The summed E-state index contributed by atoms with van der Waals surface area (Å²) in [5, 5.41) is 0. The summed E-state index contributed by atoms with van der Waals surface area (Å²) in [7, 11) is -2.43. The van der Waals surface area contributed by atoms with Gasteiger partial charge in [0.15, 0.2) is 0 Å². The maximum absolute atomic E-state index is 12.4. The lowest BCUT2D eigenvalue weighted by Crippen LogP contribution is -2.46. The Balaban J connectivity index is 1.96. The van der Waals surface area contributed by atoms with Crippen molar-refractivity contribution in [2.24, 2.45) is 0 Å². The predicted octanol–water partition coefficient (Wildman–Crippen LogP) is 1.37. The summed E-state index contributed by atoms with van der Waals surface area (Å²) in [5.74, 6) is -0.525. The number of nitrogens with zero attached hydrogens (tertiary/aromatic N) is 1. The van der Waals surface area contributed by atoms with Gasteiger partial charge < -0.3 is 14.4 Å². The van der Waals surface area contributed by atoms with Gasteiger partial charge in [0.2, 0.25) is 10.0 Å². The molecule has 0 bridgehead atoms. The highest BCUT2D eigenvalue weighted by Gasteiger charge is 2.27. The molecule has 8 nitrogen and oxygen atoms in total. The zero-order valence-corrected chi connectivity index (χ0v) is 15.0. The number of carbonyl (C=O) groups excluding carboxylic acids is 2. The molecule has 1 aromatic rings. The van der Waals surface area contributed by atoms with Crippen molar-refractivity contribution < 1.29 is 27.5 Å². The molecule has 25 heavy (non-hydrogen) atoms. The molecule has 1 aliphatic rings. The van der Waals surface area contributed by atoms with Crippen LogP contribution in [-0.2, 0) is 19.5 Å². The third-order valence-corrected chi connectivity index (χ3v) is 5.46. The minimum absolute atomic E-state index is 0.0768. The van der Waals surface area contributed by atoms with E-state index in [1.165, 1.54) is 31.4 Å². The molecule has 0 saturated carbocycles. The Bertz CT molecular complexity index is 709. The second-order valence-corrected chi connectivity index (χ2v) is 7.31. The van der Waals surface area contributed by atoms with Gasteiger partial charge in [-0.15, -0.1) is 0 Å². The molecule has 1 saturated heterocycles. The SMILES string of the molecule is CCOC(=O)N1CCC(NS(=O)(=O)c2ccc(C(=O)OC)cc2)CC1. The summed E-state index contributed by atoms with van der Waals surface area (Å²) in [5.41, 5.74) is 0.282. The summed E-state index contributed by atoms with van der Waals surface area (Å²) in [6.45, 7) is 2.93. The van der Waals surface area contributed by atoms with Crippen LogP contribution in [0.25, 0.3) is 0 Å². The molecular weight excluding hydrogens is 348 g/mol. The molecule has 1 aromatic carbocycles. The zero-order valence-electron chi connectivity index (χ0n) is 14.2. The van der Waals surface area contributed by atoms with E-state index >= 15 is 0 Å². The molecule has 0 spiro atoms. The fourth-order valence-corrected chi connectivity index (χ4v) is 3.88. The van der Waals surface area contributed by atoms with E-state index in [1.54, 1.807) is 11.8 Å². The maximum atomic E-state index is 12.4. The number of benzene rings is 1. The number of nitrogens with one attached hydrogen (secondary N) is 1. The fraction of sp³-hybridized carbons (Fsp3) is 0.500. The second-order valence-electron chi connectivity index (χ2n) is 5.60. The Morgan fingerprint density at radius 1 is 1.20 bits per heavy atom. The first-order valence-corrected chi connectivity index (χ1v) is 9.48. The van der Waals surface area contributed by atoms with Gasteiger partial charge in [0.25, 0.3) is 0 Å². The van der Waals surface area contributed by atoms with Crippen molar-refractivity contribution in [1.29, 1.82) is 0 Å². The number of hydrogen-bond donors (Lipinski definition) is 1. The predicted molar refractivity (Wildman–Crippen MR) is 89.7 cm³/mol. The average molecular weight is 370 g/mol. The lowest BCUT2D eigenvalue weighted by atomic mass is 10.1. The Kier molecular flexibility index (Phi) is 6.38. The highest BCUT2D eigenvalue weighted by molar-refractivity contribution is 7.89. The van der Waals surface area contributed by atoms with Crippen molar-refractivity contribution in [1.82, 2.24) is 9.62 Å². The zero-order chi connectivity index (χ0) is 18.4. The van der Waals surface area contributed by atoms with Gasteiger partial charge in [-0.05, 0) is 44.0 Å². The number of rotatable bonds is 5. The van der Waals surface area contributed by atoms with Gasteiger partial charge in [-0.1, -0.05) is 0 Å². The first-order chi connectivity index (χ1) is 11.9. The summed E-state index contributed by atoms with van der Waals surface area (Å²) in [4.78, 5) is 24.7. The summed E-state index contributed by atoms with van der Waals surface area (Å²) < 4.78 is 37.0. The van der Waals surface area contributed by atoms with Crippen molar-refractivity contribution in [2.45, 2.75) is 30.7 Å². The van der Waals surface area contributed by atoms with E-state index in [4.69, 9.17) is 4.74 Å².